The summed E-state index contributed by atoms with van der Waals surface area (Å²) in [5, 5.41) is 4.66. The molecule has 16 heavy (non-hydrogen) atoms. The van der Waals surface area contributed by atoms with Crippen LogP contribution in [0.1, 0.15) is 51.3 Å². The van der Waals surface area contributed by atoms with Gasteiger partial charge in [-0.1, -0.05) is 13.8 Å². The highest BCUT2D eigenvalue weighted by Crippen LogP contribution is 2.46. The molecule has 88 valence electrons. The first-order valence-corrected chi connectivity index (χ1v) is 7.11. The summed E-state index contributed by atoms with van der Waals surface area (Å²) in [5.74, 6) is 3.25. The van der Waals surface area contributed by atoms with Gasteiger partial charge in [0.05, 0.1) is 0 Å². The summed E-state index contributed by atoms with van der Waals surface area (Å²) in [6.07, 6.45) is 5.63. The fourth-order valence-corrected chi connectivity index (χ4v) is 2.96. The van der Waals surface area contributed by atoms with E-state index in [1.165, 1.54) is 37.2 Å². The maximum atomic E-state index is 4.57. The maximum absolute atomic E-state index is 4.57. The molecule has 2 fully saturated rings. The van der Waals surface area contributed by atoms with E-state index in [0.29, 0.717) is 12.0 Å². The molecule has 0 spiro atoms. The summed E-state index contributed by atoms with van der Waals surface area (Å²) in [4.78, 5) is 4.57. The zero-order chi connectivity index (χ0) is 11.1. The predicted molar refractivity (Wildman–Crippen MR) is 66.9 cm³/mol. The minimum absolute atomic E-state index is 0.437. The highest BCUT2D eigenvalue weighted by Gasteiger charge is 2.41. The molecular formula is C12H19N3S. The van der Waals surface area contributed by atoms with Crippen molar-refractivity contribution in [3.8, 4) is 0 Å². The standard InChI is InChI=1S/C12H19N3S/c1-7(2)11-14-12(16-15-11)13-10(8-3-4-8)9-5-6-9/h7-10H,3-6H2,1-2H3,(H,13,14,15). The first-order chi connectivity index (χ1) is 7.74. The first kappa shape index (κ1) is 10.5. The number of hydrogen-bond donors (Lipinski definition) is 1. The first-order valence-electron chi connectivity index (χ1n) is 6.34. The Kier molecular flexibility index (Phi) is 2.62. The van der Waals surface area contributed by atoms with E-state index in [0.717, 1.165) is 22.8 Å². The topological polar surface area (TPSA) is 37.8 Å². The van der Waals surface area contributed by atoms with Gasteiger partial charge in [-0.15, -0.1) is 0 Å². The van der Waals surface area contributed by atoms with Gasteiger partial charge in [-0.2, -0.15) is 4.37 Å². The van der Waals surface area contributed by atoms with Crippen molar-refractivity contribution in [3.63, 3.8) is 0 Å². The van der Waals surface area contributed by atoms with Gasteiger partial charge in [-0.05, 0) is 37.5 Å². The van der Waals surface area contributed by atoms with Gasteiger partial charge in [0.15, 0.2) is 0 Å². The Labute approximate surface area is 101 Å². The van der Waals surface area contributed by atoms with Crippen molar-refractivity contribution in [1.82, 2.24) is 9.36 Å². The normalized spacial score (nSPS) is 20.8. The van der Waals surface area contributed by atoms with Crippen LogP contribution in [0.25, 0.3) is 0 Å². The third-order valence-corrected chi connectivity index (χ3v) is 4.17. The average Bonchev–Trinajstić information content (AvgIpc) is 3.15. The van der Waals surface area contributed by atoms with Crippen molar-refractivity contribution >= 4 is 16.7 Å². The second-order valence-electron chi connectivity index (χ2n) is 5.46. The molecule has 0 saturated heterocycles. The predicted octanol–water partition coefficient (Wildman–Crippen LogP) is 3.26. The van der Waals surface area contributed by atoms with Crippen LogP contribution in [0.5, 0.6) is 0 Å². The van der Waals surface area contributed by atoms with E-state index in [2.05, 4.69) is 28.5 Å². The maximum Gasteiger partial charge on any atom is 0.202 e. The summed E-state index contributed by atoms with van der Waals surface area (Å²) in [5.41, 5.74) is 0. The van der Waals surface area contributed by atoms with Crippen LogP contribution in [0, 0.1) is 11.8 Å². The second-order valence-corrected chi connectivity index (χ2v) is 6.21. The highest BCUT2D eigenvalue weighted by molar-refractivity contribution is 7.09. The van der Waals surface area contributed by atoms with Crippen molar-refractivity contribution in [3.05, 3.63) is 5.82 Å². The van der Waals surface area contributed by atoms with Gasteiger partial charge in [0.1, 0.15) is 5.82 Å². The molecule has 0 atom stereocenters. The van der Waals surface area contributed by atoms with E-state index in [1.807, 2.05) is 0 Å². The molecule has 0 aliphatic heterocycles. The van der Waals surface area contributed by atoms with Gasteiger partial charge >= 0.3 is 0 Å². The van der Waals surface area contributed by atoms with E-state index in [9.17, 15) is 0 Å². The molecule has 1 aromatic heterocycles. The third-order valence-electron chi connectivity index (χ3n) is 3.51. The molecule has 1 heterocycles. The summed E-state index contributed by atoms with van der Waals surface area (Å²) in [6, 6.07) is 0.688. The molecule has 0 radical (unpaired) electrons. The third kappa shape index (κ3) is 2.21. The van der Waals surface area contributed by atoms with Crippen LogP contribution >= 0.6 is 11.5 Å². The Balaban J connectivity index is 1.66. The van der Waals surface area contributed by atoms with E-state index in [1.54, 1.807) is 0 Å². The Morgan fingerprint density at radius 3 is 2.25 bits per heavy atom. The molecule has 2 aliphatic carbocycles. The fourth-order valence-electron chi connectivity index (χ4n) is 2.20. The zero-order valence-corrected chi connectivity index (χ0v) is 10.8. The molecular weight excluding hydrogens is 218 g/mol. The van der Waals surface area contributed by atoms with Gasteiger partial charge in [0, 0.05) is 23.5 Å². The SMILES string of the molecule is CC(C)c1nsc(NC(C2CC2)C2CC2)n1. The number of rotatable bonds is 5. The molecule has 2 aliphatic rings. The van der Waals surface area contributed by atoms with Crippen molar-refractivity contribution in [2.45, 2.75) is 51.5 Å². The number of nitrogens with zero attached hydrogens (tertiary/aromatic N) is 2. The molecule has 3 nitrogen and oxygen atoms in total. The van der Waals surface area contributed by atoms with E-state index < -0.39 is 0 Å². The molecule has 4 heteroatoms. The summed E-state index contributed by atoms with van der Waals surface area (Å²) < 4.78 is 4.40. The second kappa shape index (κ2) is 3.99. The van der Waals surface area contributed by atoms with E-state index in [-0.39, 0.29) is 0 Å². The van der Waals surface area contributed by atoms with Crippen LogP contribution in [0.3, 0.4) is 0 Å². The van der Waals surface area contributed by atoms with Crippen molar-refractivity contribution in [2.24, 2.45) is 11.8 Å². The quantitative estimate of drug-likeness (QED) is 0.854. The Morgan fingerprint density at radius 2 is 1.81 bits per heavy atom. The molecule has 1 aromatic rings. The van der Waals surface area contributed by atoms with Crippen LogP contribution in [-0.2, 0) is 0 Å². The van der Waals surface area contributed by atoms with E-state index >= 15 is 0 Å². The van der Waals surface area contributed by atoms with Gasteiger partial charge in [0.2, 0.25) is 5.13 Å². The minimum atomic E-state index is 0.437. The van der Waals surface area contributed by atoms with Gasteiger partial charge < -0.3 is 5.32 Å². The van der Waals surface area contributed by atoms with Gasteiger partial charge in [-0.3, -0.25) is 0 Å². The number of aromatic nitrogens is 2. The summed E-state index contributed by atoms with van der Waals surface area (Å²) in [6.45, 7) is 4.29. The van der Waals surface area contributed by atoms with Crippen LogP contribution < -0.4 is 5.32 Å². The van der Waals surface area contributed by atoms with Crippen molar-refractivity contribution in [2.75, 3.05) is 5.32 Å². The molecule has 0 unspecified atom stereocenters. The highest BCUT2D eigenvalue weighted by atomic mass is 32.1. The Bertz CT molecular complexity index is 354. The monoisotopic (exact) mass is 237 g/mol. The number of hydrogen-bond acceptors (Lipinski definition) is 4. The molecule has 0 amide bonds. The Hall–Kier alpha value is -0.640. The lowest BCUT2D eigenvalue weighted by atomic mass is 10.1. The lowest BCUT2D eigenvalue weighted by Gasteiger charge is -2.16. The van der Waals surface area contributed by atoms with Crippen molar-refractivity contribution < 1.29 is 0 Å². The van der Waals surface area contributed by atoms with E-state index in [4.69, 9.17) is 0 Å². The summed E-state index contributed by atoms with van der Waals surface area (Å²) >= 11 is 1.52. The largest absolute Gasteiger partial charge is 0.357 e. The molecule has 2 saturated carbocycles. The smallest absolute Gasteiger partial charge is 0.202 e. The van der Waals surface area contributed by atoms with Crippen LogP contribution in [-0.4, -0.2) is 15.4 Å². The zero-order valence-electron chi connectivity index (χ0n) is 9.94. The average molecular weight is 237 g/mol. The lowest BCUT2D eigenvalue weighted by Crippen LogP contribution is -2.24. The van der Waals surface area contributed by atoms with Crippen LogP contribution in [0.15, 0.2) is 0 Å². The van der Waals surface area contributed by atoms with Crippen LogP contribution in [0.2, 0.25) is 0 Å². The minimum Gasteiger partial charge on any atom is -0.357 e. The molecule has 3 rings (SSSR count). The molecule has 1 N–H and O–H groups in total. The number of nitrogens with one attached hydrogen (secondary N) is 1. The molecule has 0 bridgehead atoms. The molecule has 0 aromatic carbocycles. The Morgan fingerprint density at radius 1 is 1.19 bits per heavy atom. The van der Waals surface area contributed by atoms with Crippen molar-refractivity contribution in [1.29, 1.82) is 0 Å². The van der Waals surface area contributed by atoms with Crippen LogP contribution in [0.4, 0.5) is 5.13 Å². The van der Waals surface area contributed by atoms with Gasteiger partial charge in [-0.25, -0.2) is 4.98 Å². The summed E-state index contributed by atoms with van der Waals surface area (Å²) in [7, 11) is 0. The fraction of sp³-hybridized carbons (Fsp3) is 0.833. The number of anilines is 1. The lowest BCUT2D eigenvalue weighted by molar-refractivity contribution is 0.567. The van der Waals surface area contributed by atoms with Gasteiger partial charge in [0.25, 0.3) is 0 Å².